The predicted octanol–water partition coefficient (Wildman–Crippen LogP) is 5.14. The molecule has 156 valence electrons. The fourth-order valence-corrected chi connectivity index (χ4v) is 3.76. The van der Waals surface area contributed by atoms with Crippen LogP contribution in [-0.4, -0.2) is 44.0 Å². The zero-order valence-electron chi connectivity index (χ0n) is 16.3. The summed E-state index contributed by atoms with van der Waals surface area (Å²) in [5.41, 5.74) is 0.654. The molecule has 3 rings (SSSR count). The van der Waals surface area contributed by atoms with E-state index in [2.05, 4.69) is 10.2 Å². The number of carbonyl (C=O) groups is 1. The molecule has 0 saturated carbocycles. The van der Waals surface area contributed by atoms with Gasteiger partial charge in [-0.05, 0) is 55.3 Å². The van der Waals surface area contributed by atoms with Gasteiger partial charge in [-0.1, -0.05) is 11.6 Å². The van der Waals surface area contributed by atoms with Gasteiger partial charge in [0.1, 0.15) is 0 Å². The molecule has 29 heavy (non-hydrogen) atoms. The second kappa shape index (κ2) is 8.53. The maximum Gasteiger partial charge on any atom is 0.416 e. The molecule has 1 N–H and O–H groups in total. The van der Waals surface area contributed by atoms with Crippen molar-refractivity contribution in [3.05, 3.63) is 58.6 Å². The van der Waals surface area contributed by atoms with Crippen molar-refractivity contribution in [3.63, 3.8) is 0 Å². The van der Waals surface area contributed by atoms with E-state index in [1.54, 1.807) is 19.0 Å². The first-order valence-corrected chi connectivity index (χ1v) is 9.75. The van der Waals surface area contributed by atoms with E-state index < -0.39 is 17.6 Å². The van der Waals surface area contributed by atoms with E-state index in [0.717, 1.165) is 43.8 Å². The highest BCUT2D eigenvalue weighted by molar-refractivity contribution is 6.30. The van der Waals surface area contributed by atoms with Gasteiger partial charge in [0, 0.05) is 49.6 Å². The Morgan fingerprint density at radius 2 is 1.76 bits per heavy atom. The number of piperidine rings is 1. The highest BCUT2D eigenvalue weighted by Gasteiger charge is 2.33. The summed E-state index contributed by atoms with van der Waals surface area (Å²) in [7, 11) is 3.24. The molecule has 0 radical (unpaired) electrons. The number of benzene rings is 2. The zero-order chi connectivity index (χ0) is 21.2. The lowest BCUT2D eigenvalue weighted by Crippen LogP contribution is -2.45. The average Bonchev–Trinajstić information content (AvgIpc) is 2.72. The minimum absolute atomic E-state index is 0.0324. The molecular weight excluding hydrogens is 403 g/mol. The zero-order valence-corrected chi connectivity index (χ0v) is 17.0. The van der Waals surface area contributed by atoms with Gasteiger partial charge < -0.3 is 15.1 Å². The van der Waals surface area contributed by atoms with Crippen molar-refractivity contribution in [1.82, 2.24) is 4.90 Å². The molecule has 0 bridgehead atoms. The fourth-order valence-electron chi connectivity index (χ4n) is 3.63. The van der Waals surface area contributed by atoms with E-state index in [1.165, 1.54) is 6.07 Å². The van der Waals surface area contributed by atoms with Crippen LogP contribution in [0.25, 0.3) is 0 Å². The summed E-state index contributed by atoms with van der Waals surface area (Å²) in [5.74, 6) is -0.412. The van der Waals surface area contributed by atoms with Gasteiger partial charge in [-0.25, -0.2) is 0 Å². The molecule has 0 atom stereocenters. The molecule has 1 saturated heterocycles. The summed E-state index contributed by atoms with van der Waals surface area (Å²) in [6.07, 6.45) is -3.03. The first kappa shape index (κ1) is 21.3. The van der Waals surface area contributed by atoms with Crippen molar-refractivity contribution in [2.75, 3.05) is 37.4 Å². The number of nitrogens with zero attached hydrogens (tertiary/aromatic N) is 2. The number of halogens is 4. The van der Waals surface area contributed by atoms with E-state index >= 15 is 0 Å². The third kappa shape index (κ3) is 4.78. The Morgan fingerprint density at radius 3 is 2.31 bits per heavy atom. The number of carbonyl (C=O) groups excluding carboxylic acids is 1. The van der Waals surface area contributed by atoms with Gasteiger partial charge in [0.05, 0.1) is 11.1 Å². The van der Waals surface area contributed by atoms with Gasteiger partial charge in [0.25, 0.3) is 5.91 Å². The SMILES string of the molecule is CNc1ccc(C(F)(F)F)cc1C(=O)N(C)C1CCN(c2ccc(Cl)cc2)CC1. The van der Waals surface area contributed by atoms with Gasteiger partial charge in [-0.3, -0.25) is 4.79 Å². The Kier molecular flexibility index (Phi) is 6.27. The topological polar surface area (TPSA) is 35.6 Å². The second-order valence-corrected chi connectivity index (χ2v) is 7.56. The van der Waals surface area contributed by atoms with Gasteiger partial charge in [-0.15, -0.1) is 0 Å². The summed E-state index contributed by atoms with van der Waals surface area (Å²) < 4.78 is 39.3. The Morgan fingerprint density at radius 1 is 1.14 bits per heavy atom. The summed E-state index contributed by atoms with van der Waals surface area (Å²) in [6, 6.07) is 10.8. The third-order valence-electron chi connectivity index (χ3n) is 5.37. The van der Waals surface area contributed by atoms with E-state index in [0.29, 0.717) is 10.7 Å². The highest BCUT2D eigenvalue weighted by atomic mass is 35.5. The molecule has 0 unspecified atom stereocenters. The van der Waals surface area contributed by atoms with Crippen LogP contribution < -0.4 is 10.2 Å². The summed E-state index contributed by atoms with van der Waals surface area (Å²) in [6.45, 7) is 1.51. The minimum atomic E-state index is -4.50. The molecule has 1 fully saturated rings. The lowest BCUT2D eigenvalue weighted by Gasteiger charge is -2.38. The third-order valence-corrected chi connectivity index (χ3v) is 5.62. The van der Waals surface area contributed by atoms with Crippen molar-refractivity contribution in [2.45, 2.75) is 25.1 Å². The van der Waals surface area contributed by atoms with Crippen LogP contribution in [0.1, 0.15) is 28.8 Å². The van der Waals surface area contributed by atoms with Crippen LogP contribution in [0.2, 0.25) is 5.02 Å². The minimum Gasteiger partial charge on any atom is -0.387 e. The number of rotatable bonds is 4. The molecule has 8 heteroatoms. The smallest absolute Gasteiger partial charge is 0.387 e. The molecule has 1 amide bonds. The highest BCUT2D eigenvalue weighted by Crippen LogP contribution is 2.33. The van der Waals surface area contributed by atoms with Crippen LogP contribution in [0.15, 0.2) is 42.5 Å². The van der Waals surface area contributed by atoms with Crippen LogP contribution in [0, 0.1) is 0 Å². The van der Waals surface area contributed by atoms with Crippen molar-refractivity contribution >= 4 is 28.9 Å². The van der Waals surface area contributed by atoms with Crippen LogP contribution in [0.3, 0.4) is 0 Å². The van der Waals surface area contributed by atoms with Crippen LogP contribution in [0.4, 0.5) is 24.5 Å². The molecular formula is C21H23ClF3N3O. The van der Waals surface area contributed by atoms with E-state index in [4.69, 9.17) is 11.6 Å². The van der Waals surface area contributed by atoms with Gasteiger partial charge in [-0.2, -0.15) is 13.2 Å². The summed E-state index contributed by atoms with van der Waals surface area (Å²) >= 11 is 5.93. The molecule has 0 aromatic heterocycles. The number of alkyl halides is 3. The second-order valence-electron chi connectivity index (χ2n) is 7.12. The van der Waals surface area contributed by atoms with Gasteiger partial charge >= 0.3 is 6.18 Å². The maximum atomic E-state index is 13.1. The Labute approximate surface area is 173 Å². The first-order chi connectivity index (χ1) is 13.7. The van der Waals surface area contributed by atoms with Crippen LogP contribution in [-0.2, 0) is 6.18 Å². The van der Waals surface area contributed by atoms with Crippen LogP contribution >= 0.6 is 11.6 Å². The van der Waals surface area contributed by atoms with Crippen LogP contribution in [0.5, 0.6) is 0 Å². The lowest BCUT2D eigenvalue weighted by atomic mass is 10.0. The molecule has 1 aliphatic rings. The Bertz CT molecular complexity index is 862. The number of hydrogen-bond acceptors (Lipinski definition) is 3. The van der Waals surface area contributed by atoms with E-state index in [1.807, 2.05) is 24.3 Å². The van der Waals surface area contributed by atoms with E-state index in [9.17, 15) is 18.0 Å². The molecule has 1 aliphatic heterocycles. The van der Waals surface area contributed by atoms with Crippen molar-refractivity contribution < 1.29 is 18.0 Å². The largest absolute Gasteiger partial charge is 0.416 e. The molecule has 4 nitrogen and oxygen atoms in total. The van der Waals surface area contributed by atoms with Gasteiger partial charge in [0.2, 0.25) is 0 Å². The normalized spacial score (nSPS) is 15.3. The Hall–Kier alpha value is -2.41. The predicted molar refractivity (Wildman–Crippen MR) is 110 cm³/mol. The van der Waals surface area contributed by atoms with Crippen molar-refractivity contribution in [1.29, 1.82) is 0 Å². The molecule has 0 aliphatic carbocycles. The molecule has 0 spiro atoms. The molecule has 1 heterocycles. The Balaban J connectivity index is 1.72. The fraction of sp³-hybridized carbons (Fsp3) is 0.381. The monoisotopic (exact) mass is 425 g/mol. The summed E-state index contributed by atoms with van der Waals surface area (Å²) in [4.78, 5) is 16.8. The number of nitrogens with one attached hydrogen (secondary N) is 1. The number of amides is 1. The lowest BCUT2D eigenvalue weighted by molar-refractivity contribution is -0.137. The summed E-state index contributed by atoms with van der Waals surface area (Å²) in [5, 5.41) is 3.49. The molecule has 2 aromatic rings. The quantitative estimate of drug-likeness (QED) is 0.736. The maximum absolute atomic E-state index is 13.1. The number of anilines is 2. The van der Waals surface area contributed by atoms with E-state index in [-0.39, 0.29) is 11.6 Å². The first-order valence-electron chi connectivity index (χ1n) is 9.37. The standard InChI is InChI=1S/C21H23ClF3N3O/c1-26-19-8-3-14(21(23,24)25)13-18(19)20(29)27(2)16-9-11-28(12-10-16)17-6-4-15(22)5-7-17/h3-8,13,16,26H,9-12H2,1-2H3. The van der Waals surface area contributed by atoms with Crippen molar-refractivity contribution in [2.24, 2.45) is 0 Å². The average molecular weight is 426 g/mol. The molecule has 2 aromatic carbocycles. The van der Waals surface area contributed by atoms with Gasteiger partial charge in [0.15, 0.2) is 0 Å². The number of hydrogen-bond donors (Lipinski definition) is 1. The van der Waals surface area contributed by atoms with Crippen molar-refractivity contribution in [3.8, 4) is 0 Å².